The molecule has 1 saturated heterocycles. The number of Topliss-reactive ketones (excluding diaryl/α,β-unsaturated/α-hetero) is 1. The van der Waals surface area contributed by atoms with Gasteiger partial charge in [-0.1, -0.05) is 18.3 Å². The fourth-order valence-electron chi connectivity index (χ4n) is 4.32. The molecule has 1 atom stereocenters. The minimum Gasteiger partial charge on any atom is -0.507 e. The zero-order valence-electron chi connectivity index (χ0n) is 22.8. The van der Waals surface area contributed by atoms with Crippen LogP contribution < -0.4 is 19.1 Å². The summed E-state index contributed by atoms with van der Waals surface area (Å²) in [6.45, 7) is 6.00. The van der Waals surface area contributed by atoms with Gasteiger partial charge in [-0.2, -0.15) is 0 Å². The Balaban J connectivity index is 1.91. The minimum atomic E-state index is -1.11. The van der Waals surface area contributed by atoms with Gasteiger partial charge in [0.2, 0.25) is 0 Å². The highest BCUT2D eigenvalue weighted by Crippen LogP contribution is 2.47. The molecule has 210 valence electrons. The van der Waals surface area contributed by atoms with Crippen molar-refractivity contribution in [2.75, 3.05) is 32.3 Å². The number of amides is 1. The summed E-state index contributed by atoms with van der Waals surface area (Å²) < 4.78 is 21.7. The molecule has 4 rings (SSSR count). The number of aliphatic hydroxyl groups is 1. The number of aromatic nitrogens is 1. The highest BCUT2D eigenvalue weighted by molar-refractivity contribution is 7.17. The van der Waals surface area contributed by atoms with Crippen molar-refractivity contribution in [1.82, 2.24) is 4.98 Å². The Kier molecular flexibility index (Phi) is 8.73. The Morgan fingerprint density at radius 3 is 2.38 bits per heavy atom. The van der Waals surface area contributed by atoms with Crippen molar-refractivity contribution >= 4 is 39.9 Å². The normalized spacial score (nSPS) is 16.2. The van der Waals surface area contributed by atoms with Gasteiger partial charge < -0.3 is 24.1 Å². The molecule has 3 aromatic rings. The molecule has 1 aliphatic heterocycles. The molecule has 11 heteroatoms. The second-order valence-corrected chi connectivity index (χ2v) is 9.76. The third-order valence-corrected chi connectivity index (χ3v) is 7.37. The molecular formula is C29H30N2O8S. The summed E-state index contributed by atoms with van der Waals surface area (Å²) in [6.07, 6.45) is 0.836. The number of methoxy groups -OCH3 is 2. The maximum atomic E-state index is 13.5. The van der Waals surface area contributed by atoms with Crippen molar-refractivity contribution in [3.63, 3.8) is 0 Å². The van der Waals surface area contributed by atoms with Crippen LogP contribution in [0.5, 0.6) is 17.2 Å². The van der Waals surface area contributed by atoms with E-state index in [2.05, 4.69) is 4.98 Å². The number of hydrogen-bond acceptors (Lipinski definition) is 10. The fourth-order valence-corrected chi connectivity index (χ4v) is 5.31. The number of aryl methyl sites for hydroxylation is 1. The number of ether oxygens (including phenoxy) is 4. The molecule has 10 nitrogen and oxygen atoms in total. The first-order valence-electron chi connectivity index (χ1n) is 12.7. The van der Waals surface area contributed by atoms with Crippen LogP contribution in [0.1, 0.15) is 52.8 Å². The van der Waals surface area contributed by atoms with Crippen LogP contribution in [0, 0.1) is 6.92 Å². The Hall–Kier alpha value is -4.38. The van der Waals surface area contributed by atoms with E-state index in [-0.39, 0.29) is 27.9 Å². The lowest BCUT2D eigenvalue weighted by molar-refractivity contribution is -0.132. The molecular weight excluding hydrogens is 536 g/mol. The van der Waals surface area contributed by atoms with Crippen molar-refractivity contribution in [3.8, 4) is 17.2 Å². The largest absolute Gasteiger partial charge is 0.507 e. The maximum Gasteiger partial charge on any atom is 0.350 e. The van der Waals surface area contributed by atoms with E-state index in [1.807, 2.05) is 6.92 Å². The predicted molar refractivity (Wildman–Crippen MR) is 149 cm³/mol. The first-order chi connectivity index (χ1) is 19.2. The van der Waals surface area contributed by atoms with Gasteiger partial charge >= 0.3 is 11.9 Å². The van der Waals surface area contributed by atoms with Crippen molar-refractivity contribution in [1.29, 1.82) is 0 Å². The number of nitrogens with zero attached hydrogens (tertiary/aromatic N) is 2. The van der Waals surface area contributed by atoms with Crippen molar-refractivity contribution in [2.24, 2.45) is 0 Å². The van der Waals surface area contributed by atoms with E-state index in [9.17, 15) is 19.5 Å². The van der Waals surface area contributed by atoms with Crippen LogP contribution in [0.3, 0.4) is 0 Å². The molecule has 0 aliphatic carbocycles. The quantitative estimate of drug-likeness (QED) is 0.155. The number of anilines is 1. The average molecular weight is 567 g/mol. The van der Waals surface area contributed by atoms with Crippen LogP contribution in [-0.4, -0.2) is 55.2 Å². The van der Waals surface area contributed by atoms with Crippen LogP contribution in [0.4, 0.5) is 5.13 Å². The molecule has 1 aromatic heterocycles. The highest BCUT2D eigenvalue weighted by atomic mass is 32.1. The van der Waals surface area contributed by atoms with E-state index < -0.39 is 23.7 Å². The Bertz CT molecular complexity index is 1460. The number of aliphatic hydroxyl groups excluding tert-OH is 1. The molecule has 1 amide bonds. The van der Waals surface area contributed by atoms with Crippen LogP contribution in [0.25, 0.3) is 5.76 Å². The standard InChI is InChI=1S/C29H30N2O8S/c1-6-14-39-18-10-8-17(9-11-18)24(32)22-23(20-13-12-19(36-4)15-21(20)37-5)31(27(34)25(22)33)29-30-16(3)26(40-29)28(35)38-7-2/h8-13,15,23,32H,6-7,14H2,1-5H3/b24-22+. The smallest absolute Gasteiger partial charge is 0.350 e. The molecule has 1 aliphatic rings. The summed E-state index contributed by atoms with van der Waals surface area (Å²) >= 11 is 0.930. The molecule has 2 aromatic carbocycles. The van der Waals surface area contributed by atoms with Crippen LogP contribution in [0.15, 0.2) is 48.0 Å². The number of thiazole rings is 1. The second-order valence-electron chi connectivity index (χ2n) is 8.78. The summed E-state index contributed by atoms with van der Waals surface area (Å²) in [4.78, 5) is 45.4. The average Bonchev–Trinajstić information content (AvgIpc) is 3.47. The molecule has 1 N–H and O–H groups in total. The molecule has 1 unspecified atom stereocenters. The predicted octanol–water partition coefficient (Wildman–Crippen LogP) is 5.06. The Morgan fingerprint density at radius 2 is 1.75 bits per heavy atom. The van der Waals surface area contributed by atoms with Crippen LogP contribution in [-0.2, 0) is 14.3 Å². The number of esters is 1. The number of carbonyl (C=O) groups excluding carboxylic acids is 3. The van der Waals surface area contributed by atoms with E-state index in [4.69, 9.17) is 18.9 Å². The first-order valence-corrected chi connectivity index (χ1v) is 13.5. The zero-order chi connectivity index (χ0) is 29.0. The van der Waals surface area contributed by atoms with Gasteiger partial charge in [0.15, 0.2) is 5.13 Å². The fraction of sp³-hybridized carbons (Fsp3) is 0.310. The molecule has 1 fully saturated rings. The van der Waals surface area contributed by atoms with Crippen molar-refractivity contribution in [2.45, 2.75) is 33.2 Å². The van der Waals surface area contributed by atoms with E-state index >= 15 is 0 Å². The molecule has 40 heavy (non-hydrogen) atoms. The van der Waals surface area contributed by atoms with E-state index in [0.717, 1.165) is 17.8 Å². The zero-order valence-corrected chi connectivity index (χ0v) is 23.7. The lowest BCUT2D eigenvalue weighted by Crippen LogP contribution is -2.29. The third kappa shape index (κ3) is 5.37. The number of rotatable bonds is 10. The molecule has 0 bridgehead atoms. The lowest BCUT2D eigenvalue weighted by Gasteiger charge is -2.24. The second kappa shape index (κ2) is 12.2. The van der Waals surface area contributed by atoms with Crippen LogP contribution in [0.2, 0.25) is 0 Å². The Morgan fingerprint density at radius 1 is 1.05 bits per heavy atom. The van der Waals surface area contributed by atoms with Gasteiger partial charge in [-0.25, -0.2) is 9.78 Å². The lowest BCUT2D eigenvalue weighted by atomic mass is 9.94. The van der Waals surface area contributed by atoms with Gasteiger partial charge in [-0.05, 0) is 56.7 Å². The van der Waals surface area contributed by atoms with Gasteiger partial charge in [0.25, 0.3) is 5.78 Å². The summed E-state index contributed by atoms with van der Waals surface area (Å²) in [6, 6.07) is 10.4. The number of ketones is 1. The maximum absolute atomic E-state index is 13.5. The van der Waals surface area contributed by atoms with Gasteiger partial charge in [0.05, 0.1) is 38.7 Å². The topological polar surface area (TPSA) is 124 Å². The van der Waals surface area contributed by atoms with E-state index in [0.29, 0.717) is 40.7 Å². The number of carbonyl (C=O) groups is 3. The summed E-state index contributed by atoms with van der Waals surface area (Å²) in [7, 11) is 2.95. The SMILES string of the molecule is CCCOc1ccc(/C(O)=C2\C(=O)C(=O)N(c3nc(C)c(C(=O)OCC)s3)C2c2ccc(OC)cc2OC)cc1. The number of hydrogen-bond donors (Lipinski definition) is 1. The van der Waals surface area contributed by atoms with E-state index in [1.54, 1.807) is 56.3 Å². The summed E-state index contributed by atoms with van der Waals surface area (Å²) in [5.41, 5.74) is 0.934. The van der Waals surface area contributed by atoms with Gasteiger partial charge in [-0.3, -0.25) is 14.5 Å². The van der Waals surface area contributed by atoms with Crippen molar-refractivity contribution < 1.29 is 38.4 Å². The summed E-state index contributed by atoms with van der Waals surface area (Å²) in [5.74, 6) is -1.33. The Labute approximate surface area is 235 Å². The highest BCUT2D eigenvalue weighted by Gasteiger charge is 2.49. The van der Waals surface area contributed by atoms with Crippen molar-refractivity contribution in [3.05, 3.63) is 69.7 Å². The van der Waals surface area contributed by atoms with Gasteiger partial charge in [0, 0.05) is 17.2 Å². The third-order valence-electron chi connectivity index (χ3n) is 6.23. The first kappa shape index (κ1) is 28.6. The van der Waals surface area contributed by atoms with Gasteiger partial charge in [-0.15, -0.1) is 0 Å². The molecule has 0 spiro atoms. The molecule has 2 heterocycles. The van der Waals surface area contributed by atoms with Gasteiger partial charge in [0.1, 0.15) is 33.9 Å². The molecule has 0 saturated carbocycles. The monoisotopic (exact) mass is 566 g/mol. The molecule has 0 radical (unpaired) electrons. The number of benzene rings is 2. The van der Waals surface area contributed by atoms with Crippen LogP contribution >= 0.6 is 11.3 Å². The van der Waals surface area contributed by atoms with E-state index in [1.165, 1.54) is 19.1 Å². The summed E-state index contributed by atoms with van der Waals surface area (Å²) in [5, 5.41) is 11.5. The minimum absolute atomic E-state index is 0.105.